The quantitative estimate of drug-likeness (QED) is 0.926. The number of halogens is 1. The van der Waals surface area contributed by atoms with E-state index in [-0.39, 0.29) is 5.91 Å². The zero-order valence-electron chi connectivity index (χ0n) is 13.7. The molecule has 0 atom stereocenters. The van der Waals surface area contributed by atoms with Crippen LogP contribution in [0.15, 0.2) is 42.6 Å². The zero-order valence-corrected chi connectivity index (χ0v) is 14.5. The van der Waals surface area contributed by atoms with Crippen LogP contribution in [0.5, 0.6) is 0 Å². The van der Waals surface area contributed by atoms with E-state index in [1.54, 1.807) is 12.1 Å². The highest BCUT2D eigenvalue weighted by molar-refractivity contribution is 6.30. The third-order valence-corrected chi connectivity index (χ3v) is 4.32. The largest absolute Gasteiger partial charge is 0.369 e. The lowest BCUT2D eigenvalue weighted by atomic mass is 10.2. The Morgan fingerprint density at radius 3 is 2.67 bits per heavy atom. The normalized spacial score (nSPS) is 15.3. The summed E-state index contributed by atoms with van der Waals surface area (Å²) in [7, 11) is 0. The van der Waals surface area contributed by atoms with Crippen molar-refractivity contribution in [1.82, 2.24) is 9.88 Å². The molecule has 1 aliphatic heterocycles. The monoisotopic (exact) mass is 344 g/mol. The smallest absolute Gasteiger partial charge is 0.239 e. The first-order chi connectivity index (χ1) is 11.6. The Balaban J connectivity index is 1.48. The number of hydrogen-bond acceptors (Lipinski definition) is 4. The second-order valence-corrected chi connectivity index (χ2v) is 6.45. The molecule has 1 aromatic carbocycles. The lowest BCUT2D eigenvalue weighted by molar-refractivity contribution is -0.117. The molecule has 126 valence electrons. The molecule has 0 unspecified atom stereocenters. The molecule has 1 aliphatic rings. The van der Waals surface area contributed by atoms with Crippen LogP contribution in [0.4, 0.5) is 11.5 Å². The van der Waals surface area contributed by atoms with Crippen LogP contribution in [0.2, 0.25) is 5.02 Å². The lowest BCUT2D eigenvalue weighted by Gasteiger charge is -2.35. The minimum absolute atomic E-state index is 0.0474. The van der Waals surface area contributed by atoms with Crippen LogP contribution in [-0.4, -0.2) is 48.5 Å². The number of piperazine rings is 1. The van der Waals surface area contributed by atoms with E-state index in [1.165, 1.54) is 17.4 Å². The maximum Gasteiger partial charge on any atom is 0.239 e. The van der Waals surface area contributed by atoms with Gasteiger partial charge in [0.25, 0.3) is 0 Å². The SMILES string of the molecule is Cc1cccc(N2CCN(CC(=O)Nc3ccc(Cl)cn3)CC2)c1. The fourth-order valence-electron chi connectivity index (χ4n) is 2.82. The first-order valence-corrected chi connectivity index (χ1v) is 8.43. The van der Waals surface area contributed by atoms with Crippen LogP contribution in [0.3, 0.4) is 0 Å². The number of carbonyl (C=O) groups excluding carboxylic acids is 1. The number of benzene rings is 1. The lowest BCUT2D eigenvalue weighted by Crippen LogP contribution is -2.48. The molecule has 5 nitrogen and oxygen atoms in total. The van der Waals surface area contributed by atoms with E-state index in [0.717, 1.165) is 26.2 Å². The molecular formula is C18H21ClN4O. The average molecular weight is 345 g/mol. The van der Waals surface area contributed by atoms with Crippen LogP contribution < -0.4 is 10.2 Å². The predicted octanol–water partition coefficient (Wildman–Crippen LogP) is 2.80. The van der Waals surface area contributed by atoms with Crippen molar-refractivity contribution >= 4 is 29.0 Å². The summed E-state index contributed by atoms with van der Waals surface area (Å²) in [6, 6.07) is 12.0. The summed E-state index contributed by atoms with van der Waals surface area (Å²) in [6.07, 6.45) is 1.53. The molecule has 1 aromatic heterocycles. The minimum Gasteiger partial charge on any atom is -0.369 e. The van der Waals surface area contributed by atoms with Crippen molar-refractivity contribution < 1.29 is 4.79 Å². The van der Waals surface area contributed by atoms with Gasteiger partial charge in [0.15, 0.2) is 0 Å². The Morgan fingerprint density at radius 1 is 1.21 bits per heavy atom. The van der Waals surface area contributed by atoms with E-state index in [1.807, 2.05) is 0 Å². The second kappa shape index (κ2) is 7.64. The van der Waals surface area contributed by atoms with Gasteiger partial charge < -0.3 is 10.2 Å². The molecule has 0 aliphatic carbocycles. The highest BCUT2D eigenvalue weighted by Gasteiger charge is 2.19. The van der Waals surface area contributed by atoms with E-state index in [9.17, 15) is 4.79 Å². The zero-order chi connectivity index (χ0) is 16.9. The highest BCUT2D eigenvalue weighted by atomic mass is 35.5. The summed E-state index contributed by atoms with van der Waals surface area (Å²) in [5, 5.41) is 3.36. The maximum absolute atomic E-state index is 12.1. The van der Waals surface area contributed by atoms with Gasteiger partial charge in [0.2, 0.25) is 5.91 Å². The fourth-order valence-corrected chi connectivity index (χ4v) is 2.94. The van der Waals surface area contributed by atoms with Gasteiger partial charge in [0.1, 0.15) is 5.82 Å². The summed E-state index contributed by atoms with van der Waals surface area (Å²) in [5.74, 6) is 0.483. The van der Waals surface area contributed by atoms with Gasteiger partial charge in [-0.05, 0) is 36.8 Å². The molecule has 1 N–H and O–H groups in total. The number of amides is 1. The number of carbonyl (C=O) groups is 1. The van der Waals surface area contributed by atoms with Gasteiger partial charge in [-0.25, -0.2) is 4.98 Å². The standard InChI is InChI=1S/C18H21ClN4O/c1-14-3-2-4-16(11-14)23-9-7-22(8-10-23)13-18(24)21-17-6-5-15(19)12-20-17/h2-6,11-12H,7-10,13H2,1H3,(H,20,21,24). The molecule has 1 amide bonds. The van der Waals surface area contributed by atoms with Crippen molar-refractivity contribution in [2.24, 2.45) is 0 Å². The van der Waals surface area contributed by atoms with Crippen molar-refractivity contribution in [3.05, 3.63) is 53.2 Å². The molecule has 0 saturated carbocycles. The molecule has 3 rings (SSSR count). The Kier molecular flexibility index (Phi) is 5.33. The van der Waals surface area contributed by atoms with Gasteiger partial charge >= 0.3 is 0 Å². The summed E-state index contributed by atoms with van der Waals surface area (Å²) < 4.78 is 0. The molecule has 2 heterocycles. The van der Waals surface area contributed by atoms with Crippen LogP contribution in [0.1, 0.15) is 5.56 Å². The first-order valence-electron chi connectivity index (χ1n) is 8.05. The van der Waals surface area contributed by atoms with E-state index >= 15 is 0 Å². The molecule has 6 heteroatoms. The predicted molar refractivity (Wildman–Crippen MR) is 97.7 cm³/mol. The Hall–Kier alpha value is -2.11. The van der Waals surface area contributed by atoms with Crippen LogP contribution in [-0.2, 0) is 4.79 Å². The number of nitrogens with one attached hydrogen (secondary N) is 1. The van der Waals surface area contributed by atoms with Crippen molar-refractivity contribution in [3.63, 3.8) is 0 Å². The van der Waals surface area contributed by atoms with E-state index in [0.29, 0.717) is 17.4 Å². The minimum atomic E-state index is -0.0474. The third kappa shape index (κ3) is 4.46. The van der Waals surface area contributed by atoms with Gasteiger partial charge in [0, 0.05) is 38.1 Å². The average Bonchev–Trinajstić information content (AvgIpc) is 2.58. The Morgan fingerprint density at radius 2 is 2.00 bits per heavy atom. The van der Waals surface area contributed by atoms with E-state index in [2.05, 4.69) is 51.3 Å². The molecule has 2 aromatic rings. The second-order valence-electron chi connectivity index (χ2n) is 6.01. The number of nitrogens with zero attached hydrogens (tertiary/aromatic N) is 3. The number of aryl methyl sites for hydroxylation is 1. The Bertz CT molecular complexity index is 696. The highest BCUT2D eigenvalue weighted by Crippen LogP contribution is 2.17. The molecule has 1 saturated heterocycles. The number of rotatable bonds is 4. The summed E-state index contributed by atoms with van der Waals surface area (Å²) >= 11 is 5.79. The third-order valence-electron chi connectivity index (χ3n) is 4.10. The summed E-state index contributed by atoms with van der Waals surface area (Å²) in [4.78, 5) is 20.7. The molecule has 0 radical (unpaired) electrons. The summed E-state index contributed by atoms with van der Waals surface area (Å²) in [5.41, 5.74) is 2.52. The first kappa shape index (κ1) is 16.7. The fraction of sp³-hybridized carbons (Fsp3) is 0.333. The van der Waals surface area contributed by atoms with Crippen LogP contribution in [0, 0.1) is 6.92 Å². The van der Waals surface area contributed by atoms with Gasteiger partial charge in [-0.15, -0.1) is 0 Å². The van der Waals surface area contributed by atoms with Gasteiger partial charge in [-0.2, -0.15) is 0 Å². The van der Waals surface area contributed by atoms with Gasteiger partial charge in [0.05, 0.1) is 11.6 Å². The molecule has 0 spiro atoms. The van der Waals surface area contributed by atoms with Crippen molar-refractivity contribution in [3.8, 4) is 0 Å². The topological polar surface area (TPSA) is 48.5 Å². The van der Waals surface area contributed by atoms with Crippen LogP contribution in [0.25, 0.3) is 0 Å². The summed E-state index contributed by atoms with van der Waals surface area (Å²) in [6.45, 7) is 6.08. The number of aromatic nitrogens is 1. The van der Waals surface area contributed by atoms with Gasteiger partial charge in [-0.1, -0.05) is 23.7 Å². The molecular weight excluding hydrogens is 324 g/mol. The van der Waals surface area contributed by atoms with Gasteiger partial charge in [-0.3, -0.25) is 9.69 Å². The van der Waals surface area contributed by atoms with Crippen molar-refractivity contribution in [1.29, 1.82) is 0 Å². The molecule has 24 heavy (non-hydrogen) atoms. The van der Waals surface area contributed by atoms with Crippen molar-refractivity contribution in [2.45, 2.75) is 6.92 Å². The number of pyridine rings is 1. The van der Waals surface area contributed by atoms with E-state index < -0.39 is 0 Å². The van der Waals surface area contributed by atoms with Crippen molar-refractivity contribution in [2.75, 3.05) is 42.9 Å². The number of anilines is 2. The Labute approximate surface area is 147 Å². The molecule has 1 fully saturated rings. The molecule has 0 bridgehead atoms. The van der Waals surface area contributed by atoms with E-state index in [4.69, 9.17) is 11.6 Å². The number of hydrogen-bond donors (Lipinski definition) is 1. The van der Waals surface area contributed by atoms with Crippen LogP contribution >= 0.6 is 11.6 Å². The maximum atomic E-state index is 12.1.